The molecular formula is C23H25N5O4S. The second-order valence-electron chi connectivity index (χ2n) is 8.60. The van der Waals surface area contributed by atoms with Gasteiger partial charge in [-0.2, -0.15) is 8.42 Å². The highest BCUT2D eigenvalue weighted by Crippen LogP contribution is 2.39. The number of hydrogen-bond acceptors (Lipinski definition) is 8. The lowest BCUT2D eigenvalue weighted by Gasteiger charge is -2.26. The highest BCUT2D eigenvalue weighted by Gasteiger charge is 2.37. The van der Waals surface area contributed by atoms with Crippen LogP contribution in [0.4, 0.5) is 11.5 Å². The molecule has 0 unspecified atom stereocenters. The Bertz CT molecular complexity index is 1340. The Hall–Kier alpha value is -2.92. The monoisotopic (exact) mass is 467 g/mol. The minimum atomic E-state index is -4.04. The third-order valence-electron chi connectivity index (χ3n) is 6.52. The van der Waals surface area contributed by atoms with E-state index in [1.165, 1.54) is 0 Å². The number of fused-ring (bicyclic) bond motifs is 2. The quantitative estimate of drug-likeness (QED) is 0.567. The van der Waals surface area contributed by atoms with Gasteiger partial charge in [-0.1, -0.05) is 42.5 Å². The normalized spacial score (nSPS) is 22.4. The van der Waals surface area contributed by atoms with Crippen LogP contribution in [0.2, 0.25) is 0 Å². The van der Waals surface area contributed by atoms with Gasteiger partial charge in [-0.05, 0) is 23.6 Å². The van der Waals surface area contributed by atoms with E-state index in [0.29, 0.717) is 25.1 Å². The summed E-state index contributed by atoms with van der Waals surface area (Å²) in [6.45, 7) is -0.143. The molecule has 1 fully saturated rings. The first-order valence-corrected chi connectivity index (χ1v) is 12.2. The first-order valence-electron chi connectivity index (χ1n) is 10.8. The molecule has 33 heavy (non-hydrogen) atoms. The van der Waals surface area contributed by atoms with E-state index < -0.39 is 16.4 Å². The van der Waals surface area contributed by atoms with Crippen molar-refractivity contribution in [3.05, 3.63) is 60.0 Å². The maximum atomic E-state index is 11.1. The zero-order valence-electron chi connectivity index (χ0n) is 18.1. The summed E-state index contributed by atoms with van der Waals surface area (Å²) in [5.41, 5.74) is 3.63. The molecule has 3 aromatic rings. The molecular weight excluding hydrogens is 442 g/mol. The van der Waals surface area contributed by atoms with Crippen molar-refractivity contribution >= 4 is 38.3 Å². The second-order valence-corrected chi connectivity index (χ2v) is 9.82. The van der Waals surface area contributed by atoms with Gasteiger partial charge in [-0.25, -0.2) is 20.1 Å². The van der Waals surface area contributed by atoms with Crippen molar-refractivity contribution in [1.29, 1.82) is 0 Å². The van der Waals surface area contributed by atoms with Gasteiger partial charge < -0.3 is 10.0 Å². The molecule has 1 saturated carbocycles. The summed E-state index contributed by atoms with van der Waals surface area (Å²) in [5, 5.41) is 17.7. The van der Waals surface area contributed by atoms with E-state index in [4.69, 9.17) is 14.3 Å². The van der Waals surface area contributed by atoms with Crippen molar-refractivity contribution in [3.63, 3.8) is 0 Å². The number of nitrogens with two attached hydrogens (primary N) is 1. The Labute approximate surface area is 192 Å². The third-order valence-corrected chi connectivity index (χ3v) is 6.99. The third kappa shape index (κ3) is 4.34. The van der Waals surface area contributed by atoms with Gasteiger partial charge in [0.25, 0.3) is 0 Å². The molecule has 0 bridgehead atoms. The number of rotatable bonds is 6. The van der Waals surface area contributed by atoms with E-state index in [0.717, 1.165) is 33.4 Å². The highest BCUT2D eigenvalue weighted by atomic mass is 32.2. The van der Waals surface area contributed by atoms with E-state index in [-0.39, 0.29) is 18.6 Å². The van der Waals surface area contributed by atoms with E-state index >= 15 is 0 Å². The van der Waals surface area contributed by atoms with Crippen molar-refractivity contribution in [3.8, 4) is 0 Å². The molecule has 0 amide bonds. The summed E-state index contributed by atoms with van der Waals surface area (Å²) < 4.78 is 27.0. The number of nitrogens with zero attached hydrogens (tertiary/aromatic N) is 4. The Kier molecular flexibility index (Phi) is 5.61. The first-order chi connectivity index (χ1) is 15.8. The van der Waals surface area contributed by atoms with E-state index in [9.17, 15) is 13.5 Å². The second kappa shape index (κ2) is 8.45. The van der Waals surface area contributed by atoms with Crippen LogP contribution < -0.4 is 10.0 Å². The fraction of sp³-hybridized carbons (Fsp3) is 0.348. The maximum Gasteiger partial charge on any atom is 0.333 e. The van der Waals surface area contributed by atoms with Crippen LogP contribution in [0.3, 0.4) is 0 Å². The molecule has 0 radical (unpaired) electrons. The molecule has 5 rings (SSSR count). The van der Waals surface area contributed by atoms with Gasteiger partial charge in [0, 0.05) is 31.0 Å². The van der Waals surface area contributed by atoms with Crippen LogP contribution in [-0.2, 0) is 20.9 Å². The van der Waals surface area contributed by atoms with Crippen molar-refractivity contribution in [2.75, 3.05) is 18.6 Å². The summed E-state index contributed by atoms with van der Waals surface area (Å²) >= 11 is 0. The number of aliphatic hydroxyl groups excluding tert-OH is 1. The van der Waals surface area contributed by atoms with Crippen molar-refractivity contribution in [1.82, 2.24) is 9.97 Å². The number of aliphatic hydroxyl groups is 1. The molecule has 3 atom stereocenters. The Balaban J connectivity index is 1.41. The van der Waals surface area contributed by atoms with Crippen molar-refractivity contribution in [2.24, 2.45) is 16.0 Å². The average molecular weight is 468 g/mol. The molecule has 0 spiro atoms. The maximum absolute atomic E-state index is 11.1. The molecule has 10 heteroatoms. The topological polar surface area (TPSA) is 131 Å². The van der Waals surface area contributed by atoms with Gasteiger partial charge in [0.1, 0.15) is 12.0 Å². The SMILES string of the molecule is CN(c1ncnc2c1N=C(c1cccc3ccccc13)C2)[C@@H]1C[C@@H](COS(N)(=O)=O)[C@@H](O)C1. The van der Waals surface area contributed by atoms with Gasteiger partial charge in [0.05, 0.1) is 24.1 Å². The summed E-state index contributed by atoms with van der Waals surface area (Å²) in [5.74, 6) is 0.362. The molecule has 0 saturated heterocycles. The fourth-order valence-electron chi connectivity index (χ4n) is 4.80. The van der Waals surface area contributed by atoms with E-state index in [1.54, 1.807) is 6.33 Å². The van der Waals surface area contributed by atoms with Crippen LogP contribution in [-0.4, -0.2) is 55.0 Å². The Morgan fingerprint density at radius 2 is 1.94 bits per heavy atom. The van der Waals surface area contributed by atoms with Crippen LogP contribution in [0, 0.1) is 5.92 Å². The molecule has 1 aromatic heterocycles. The number of aliphatic imine (C=N–C) groups is 1. The molecule has 2 aliphatic rings. The molecule has 1 aliphatic heterocycles. The summed E-state index contributed by atoms with van der Waals surface area (Å²) in [4.78, 5) is 15.9. The van der Waals surface area contributed by atoms with Crippen molar-refractivity contribution in [2.45, 2.75) is 31.4 Å². The summed E-state index contributed by atoms with van der Waals surface area (Å²) in [6, 6.07) is 14.4. The van der Waals surface area contributed by atoms with Crippen LogP contribution >= 0.6 is 0 Å². The largest absolute Gasteiger partial charge is 0.393 e. The minimum Gasteiger partial charge on any atom is -0.393 e. The van der Waals surface area contributed by atoms with Crippen LogP contribution in [0.1, 0.15) is 24.1 Å². The summed E-state index contributed by atoms with van der Waals surface area (Å²) in [6.07, 6.45) is 2.48. The van der Waals surface area contributed by atoms with Gasteiger partial charge >= 0.3 is 10.3 Å². The van der Waals surface area contributed by atoms with Crippen LogP contribution in [0.5, 0.6) is 0 Å². The molecule has 2 heterocycles. The molecule has 2 aromatic carbocycles. The lowest BCUT2D eigenvalue weighted by Crippen LogP contribution is -2.31. The molecule has 9 nitrogen and oxygen atoms in total. The average Bonchev–Trinajstić information content (AvgIpc) is 3.39. The standard InChI is InChI=1S/C23H25N5O4S/c1-28(16-9-15(21(29)10-16)12-32-33(24,30)31)23-22-20(25-13-26-23)11-19(27-22)18-8-4-6-14-5-2-3-7-17(14)18/h2-8,13,15-16,21,29H,9-12H2,1H3,(H2,24,30,31)/t15-,16+,21-/m0/s1. The molecule has 1 aliphatic carbocycles. The number of hydrogen-bond donors (Lipinski definition) is 2. The van der Waals surface area contributed by atoms with Gasteiger partial charge in [-0.3, -0.25) is 4.18 Å². The van der Waals surface area contributed by atoms with Gasteiger partial charge in [0.15, 0.2) is 5.82 Å². The van der Waals surface area contributed by atoms with Crippen LogP contribution in [0.15, 0.2) is 53.8 Å². The fourth-order valence-corrected chi connectivity index (χ4v) is 5.16. The Morgan fingerprint density at radius 3 is 2.76 bits per heavy atom. The number of anilines is 1. The van der Waals surface area contributed by atoms with Gasteiger partial charge in [-0.15, -0.1) is 0 Å². The predicted molar refractivity (Wildman–Crippen MR) is 126 cm³/mol. The van der Waals surface area contributed by atoms with E-state index in [1.807, 2.05) is 30.1 Å². The lowest BCUT2D eigenvalue weighted by atomic mass is 9.99. The highest BCUT2D eigenvalue weighted by molar-refractivity contribution is 7.84. The zero-order chi connectivity index (χ0) is 23.2. The predicted octanol–water partition coefficient (Wildman–Crippen LogP) is 2.10. The number of aromatic nitrogens is 2. The molecule has 3 N–H and O–H groups in total. The number of benzene rings is 2. The lowest BCUT2D eigenvalue weighted by molar-refractivity contribution is 0.101. The first kappa shape index (κ1) is 21.9. The van der Waals surface area contributed by atoms with Crippen LogP contribution in [0.25, 0.3) is 10.8 Å². The Morgan fingerprint density at radius 1 is 1.15 bits per heavy atom. The smallest absolute Gasteiger partial charge is 0.333 e. The van der Waals surface area contributed by atoms with E-state index in [2.05, 4.69) is 34.2 Å². The van der Waals surface area contributed by atoms with Crippen molar-refractivity contribution < 1.29 is 17.7 Å². The summed E-state index contributed by atoms with van der Waals surface area (Å²) in [7, 11) is -2.13. The van der Waals surface area contributed by atoms with Gasteiger partial charge in [0.2, 0.25) is 0 Å². The molecule has 172 valence electrons. The minimum absolute atomic E-state index is 0.0510. The zero-order valence-corrected chi connectivity index (χ0v) is 18.9.